The van der Waals surface area contributed by atoms with E-state index in [1.54, 1.807) is 0 Å². The average molecular weight is 450 g/mol. The van der Waals surface area contributed by atoms with E-state index in [1.165, 1.54) is 0 Å². The summed E-state index contributed by atoms with van der Waals surface area (Å²) < 4.78 is 0. The molecule has 0 saturated heterocycles. The lowest BCUT2D eigenvalue weighted by Gasteiger charge is -2.17. The number of aromatic nitrogens is 4. The highest BCUT2D eigenvalue weighted by atomic mass is 16.6. The molecule has 4 aromatic rings. The van der Waals surface area contributed by atoms with E-state index in [0.29, 0.717) is 6.61 Å². The van der Waals surface area contributed by atoms with Gasteiger partial charge in [0.2, 0.25) is 0 Å². The van der Waals surface area contributed by atoms with E-state index in [2.05, 4.69) is 15.1 Å². The third kappa shape index (κ3) is 5.17. The number of nitrogens with zero attached hydrogens (tertiary/aromatic N) is 5. The second kappa shape index (κ2) is 10.3. The minimum atomic E-state index is 0.532. The molecule has 170 valence electrons. The minimum Gasteiger partial charge on any atom is -0.396 e. The Hall–Kier alpha value is -3.93. The molecule has 0 amide bonds. The highest BCUT2D eigenvalue weighted by molar-refractivity contribution is 6.00. The van der Waals surface area contributed by atoms with Crippen molar-refractivity contribution < 1.29 is 4.84 Å². The number of oxime groups is 1. The summed E-state index contributed by atoms with van der Waals surface area (Å²) in [6, 6.07) is 22.1. The quantitative estimate of drug-likeness (QED) is 0.271. The Balaban J connectivity index is 1.21. The van der Waals surface area contributed by atoms with Gasteiger partial charge in [0.1, 0.15) is 12.3 Å². The van der Waals surface area contributed by atoms with E-state index in [-0.39, 0.29) is 0 Å². The van der Waals surface area contributed by atoms with E-state index >= 15 is 0 Å². The van der Waals surface area contributed by atoms with Crippen molar-refractivity contribution >= 4 is 5.71 Å². The molecule has 3 aromatic heterocycles. The molecule has 0 atom stereocenters. The van der Waals surface area contributed by atoms with Crippen LogP contribution in [-0.4, -0.2) is 32.3 Å². The molecule has 0 fully saturated rings. The Kier molecular flexibility index (Phi) is 6.66. The first kappa shape index (κ1) is 21.9. The molecule has 6 heteroatoms. The fourth-order valence-corrected chi connectivity index (χ4v) is 4.11. The molecule has 0 radical (unpaired) electrons. The molecular formula is C28H27N5O. The van der Waals surface area contributed by atoms with Gasteiger partial charge in [0.15, 0.2) is 5.82 Å². The zero-order chi connectivity index (χ0) is 23.2. The number of benzene rings is 1. The van der Waals surface area contributed by atoms with Crippen LogP contribution in [0.2, 0.25) is 0 Å². The number of hydrogen-bond acceptors (Lipinski definition) is 6. The molecule has 1 aliphatic rings. The van der Waals surface area contributed by atoms with Gasteiger partial charge in [-0.2, -0.15) is 0 Å². The summed E-state index contributed by atoms with van der Waals surface area (Å²) in [7, 11) is 0. The lowest BCUT2D eigenvalue weighted by atomic mass is 9.95. The van der Waals surface area contributed by atoms with Crippen LogP contribution in [0.5, 0.6) is 0 Å². The summed E-state index contributed by atoms with van der Waals surface area (Å²) in [5, 5.41) is 4.46. The monoisotopic (exact) mass is 449 g/mol. The molecule has 0 spiro atoms. The Labute approximate surface area is 199 Å². The second-order valence-electron chi connectivity index (χ2n) is 8.44. The highest BCUT2D eigenvalue weighted by Crippen LogP contribution is 2.23. The van der Waals surface area contributed by atoms with Crippen molar-refractivity contribution in [2.75, 3.05) is 6.61 Å². The van der Waals surface area contributed by atoms with E-state index in [9.17, 15) is 0 Å². The minimum absolute atomic E-state index is 0.532. The summed E-state index contributed by atoms with van der Waals surface area (Å²) in [5.41, 5.74) is 7.78. The van der Waals surface area contributed by atoms with Gasteiger partial charge in [-0.1, -0.05) is 47.6 Å². The lowest BCUT2D eigenvalue weighted by molar-refractivity contribution is 0.141. The van der Waals surface area contributed by atoms with Gasteiger partial charge in [-0.3, -0.25) is 9.97 Å². The van der Waals surface area contributed by atoms with Crippen molar-refractivity contribution in [2.45, 2.75) is 39.0 Å². The molecule has 0 aliphatic heterocycles. The molecule has 5 rings (SSSR count). The SMILES string of the molecule is Cc1cccc(-c2cccc(CCCO/N=C3\CCCc4cnc(-c5ccccc5)nc43)n2)n1. The Bertz CT molecular complexity index is 1300. The first-order valence-corrected chi connectivity index (χ1v) is 11.8. The van der Waals surface area contributed by atoms with Crippen molar-refractivity contribution in [3.8, 4) is 22.8 Å². The normalized spacial score (nSPS) is 14.1. The van der Waals surface area contributed by atoms with E-state index in [1.807, 2.05) is 79.9 Å². The molecule has 6 nitrogen and oxygen atoms in total. The zero-order valence-corrected chi connectivity index (χ0v) is 19.3. The summed E-state index contributed by atoms with van der Waals surface area (Å²) in [6.45, 7) is 2.52. The fourth-order valence-electron chi connectivity index (χ4n) is 4.11. The molecule has 0 bridgehead atoms. The summed E-state index contributed by atoms with van der Waals surface area (Å²) in [4.78, 5) is 24.4. The van der Waals surface area contributed by atoms with E-state index in [4.69, 9.17) is 14.8 Å². The van der Waals surface area contributed by atoms with Crippen molar-refractivity contribution in [3.63, 3.8) is 0 Å². The number of hydrogen-bond donors (Lipinski definition) is 0. The first-order valence-electron chi connectivity index (χ1n) is 11.8. The maximum absolute atomic E-state index is 5.72. The third-order valence-electron chi connectivity index (χ3n) is 5.83. The Morgan fingerprint density at radius 2 is 1.68 bits per heavy atom. The van der Waals surface area contributed by atoms with Gasteiger partial charge in [-0.15, -0.1) is 0 Å². The molecule has 0 N–H and O–H groups in total. The van der Waals surface area contributed by atoms with Gasteiger partial charge >= 0.3 is 0 Å². The predicted octanol–water partition coefficient (Wildman–Crippen LogP) is 5.60. The molecule has 34 heavy (non-hydrogen) atoms. The van der Waals surface area contributed by atoms with Crippen LogP contribution < -0.4 is 0 Å². The number of fused-ring (bicyclic) bond motifs is 1. The lowest BCUT2D eigenvalue weighted by Crippen LogP contribution is -2.16. The molecule has 1 aromatic carbocycles. The number of pyridine rings is 2. The molecule has 0 unspecified atom stereocenters. The van der Waals surface area contributed by atoms with Crippen molar-refractivity contribution in [3.05, 3.63) is 95.6 Å². The maximum atomic E-state index is 5.72. The largest absolute Gasteiger partial charge is 0.396 e. The maximum Gasteiger partial charge on any atom is 0.159 e. The molecule has 1 aliphatic carbocycles. The van der Waals surface area contributed by atoms with E-state index in [0.717, 1.165) is 83.2 Å². The van der Waals surface area contributed by atoms with E-state index < -0.39 is 0 Å². The summed E-state index contributed by atoms with van der Waals surface area (Å²) in [5.74, 6) is 0.725. The first-order chi connectivity index (χ1) is 16.8. The Morgan fingerprint density at radius 3 is 2.53 bits per heavy atom. The van der Waals surface area contributed by atoms with Gasteiger partial charge < -0.3 is 4.84 Å². The van der Waals surface area contributed by atoms with Crippen LogP contribution in [0.1, 0.15) is 41.9 Å². The van der Waals surface area contributed by atoms with Crippen LogP contribution in [0.4, 0.5) is 0 Å². The fraction of sp³-hybridized carbons (Fsp3) is 0.250. The van der Waals surface area contributed by atoms with Gasteiger partial charge in [0.05, 0.1) is 17.1 Å². The van der Waals surface area contributed by atoms with Crippen molar-refractivity contribution in [1.82, 2.24) is 19.9 Å². The van der Waals surface area contributed by atoms with Crippen molar-refractivity contribution in [2.24, 2.45) is 5.16 Å². The highest BCUT2D eigenvalue weighted by Gasteiger charge is 2.19. The molecule has 3 heterocycles. The van der Waals surface area contributed by atoms with Gasteiger partial charge in [0, 0.05) is 23.1 Å². The summed E-state index contributed by atoms with van der Waals surface area (Å²) in [6.07, 6.45) is 6.46. The van der Waals surface area contributed by atoms with Crippen molar-refractivity contribution in [1.29, 1.82) is 0 Å². The van der Waals surface area contributed by atoms with Crippen LogP contribution in [0, 0.1) is 6.92 Å². The number of rotatable bonds is 7. The molecular weight excluding hydrogens is 422 g/mol. The Morgan fingerprint density at radius 1 is 0.853 bits per heavy atom. The second-order valence-corrected chi connectivity index (χ2v) is 8.44. The third-order valence-corrected chi connectivity index (χ3v) is 5.83. The van der Waals surface area contributed by atoms with Crippen LogP contribution in [-0.2, 0) is 17.7 Å². The molecule has 0 saturated carbocycles. The number of aryl methyl sites for hydroxylation is 3. The zero-order valence-electron chi connectivity index (χ0n) is 19.3. The van der Waals surface area contributed by atoms with Gasteiger partial charge in [0.25, 0.3) is 0 Å². The van der Waals surface area contributed by atoms with Crippen LogP contribution in [0.25, 0.3) is 22.8 Å². The van der Waals surface area contributed by atoms with Crippen LogP contribution in [0.15, 0.2) is 78.1 Å². The standard InChI is InChI=1S/C28H27N5O/c1-20-9-5-15-24(30-20)25-16-7-13-23(31-25)14-8-18-34-33-26-17-6-12-22-19-29-28(32-27(22)26)21-10-3-2-4-11-21/h2-5,7,9-11,13,15-16,19H,6,8,12,14,17-18H2,1H3/b33-26+. The van der Waals surface area contributed by atoms with Gasteiger partial charge in [-0.05, 0) is 68.9 Å². The average Bonchev–Trinajstić information content (AvgIpc) is 2.89. The van der Waals surface area contributed by atoms with Gasteiger partial charge in [-0.25, -0.2) is 9.97 Å². The van der Waals surface area contributed by atoms with Crippen LogP contribution >= 0.6 is 0 Å². The predicted molar refractivity (Wildman–Crippen MR) is 133 cm³/mol. The summed E-state index contributed by atoms with van der Waals surface area (Å²) >= 11 is 0. The topological polar surface area (TPSA) is 73.2 Å². The van der Waals surface area contributed by atoms with Crippen LogP contribution in [0.3, 0.4) is 0 Å². The smallest absolute Gasteiger partial charge is 0.159 e.